The fourth-order valence-corrected chi connectivity index (χ4v) is 7.04. The van der Waals surface area contributed by atoms with Gasteiger partial charge in [-0.3, -0.25) is 0 Å². The minimum Gasteiger partial charge on any atom is -0.307 e. The number of allylic oxidation sites excluding steroid dienone is 1. The van der Waals surface area contributed by atoms with E-state index in [1.54, 1.807) is 0 Å². The summed E-state index contributed by atoms with van der Waals surface area (Å²) in [6.07, 6.45) is 9.09. The van der Waals surface area contributed by atoms with Crippen LogP contribution in [0.25, 0.3) is 67.6 Å². The maximum atomic E-state index is 10.6. The summed E-state index contributed by atoms with van der Waals surface area (Å²) in [6, 6.07) is 29.7. The van der Waals surface area contributed by atoms with Gasteiger partial charge in [-0.15, -0.1) is 0 Å². The molecule has 7 aromatic rings. The van der Waals surface area contributed by atoms with Gasteiger partial charge < -0.3 is 9.13 Å². The van der Waals surface area contributed by atoms with Crippen LogP contribution in [-0.4, -0.2) is 24.1 Å². The normalized spacial score (nSPS) is 13.3. The third kappa shape index (κ3) is 4.44. The van der Waals surface area contributed by atoms with E-state index in [0.29, 0.717) is 34.2 Å². The summed E-state index contributed by atoms with van der Waals surface area (Å²) in [5.41, 5.74) is 9.44. The zero-order chi connectivity index (χ0) is 32.2. The lowest BCUT2D eigenvalue weighted by atomic mass is 10.0. The van der Waals surface area contributed by atoms with Gasteiger partial charge in [0.15, 0.2) is 5.82 Å². The second-order valence-corrected chi connectivity index (χ2v) is 11.9. The Morgan fingerprint density at radius 1 is 0.766 bits per heavy atom. The lowest BCUT2D eigenvalue weighted by Crippen LogP contribution is -2.08. The lowest BCUT2D eigenvalue weighted by Gasteiger charge is -2.20. The molecular weight excluding hydrogens is 578 g/mol. The Balaban J connectivity index is 1.62. The maximum Gasteiger partial charge on any atom is 0.164 e. The molecule has 7 heteroatoms. The summed E-state index contributed by atoms with van der Waals surface area (Å²) in [6.45, 7) is 7.87. The molecule has 4 heterocycles. The summed E-state index contributed by atoms with van der Waals surface area (Å²) in [5, 5.41) is 23.9. The molecule has 0 saturated heterocycles. The molecule has 2 bridgehead atoms. The quantitative estimate of drug-likeness (QED) is 0.195. The average molecular weight is 608 g/mol. The van der Waals surface area contributed by atoms with Gasteiger partial charge >= 0.3 is 0 Å². The molecule has 0 radical (unpaired) electrons. The molecule has 0 fully saturated rings. The van der Waals surface area contributed by atoms with Crippen molar-refractivity contribution < 1.29 is 0 Å². The SMILES string of the molecule is C=Cc1c2n(c3cc(C#N)ccc13)-c1cc(C#N)c(-c3nc(C)nc(C)n3)cc1-n1c3ccccc3c3ccc(cc31)CCC/C=C\2. The Bertz CT molecular complexity index is 2540. The van der Waals surface area contributed by atoms with Gasteiger partial charge in [0.05, 0.1) is 56.9 Å². The number of hydrogen-bond acceptors (Lipinski definition) is 5. The van der Waals surface area contributed by atoms with E-state index in [0.717, 1.165) is 74.6 Å². The first kappa shape index (κ1) is 28.2. The van der Waals surface area contributed by atoms with Gasteiger partial charge in [0, 0.05) is 27.3 Å². The van der Waals surface area contributed by atoms with Gasteiger partial charge in [-0.25, -0.2) is 15.0 Å². The zero-order valence-electron chi connectivity index (χ0n) is 26.1. The third-order valence-corrected chi connectivity index (χ3v) is 9.05. The van der Waals surface area contributed by atoms with Crippen molar-refractivity contribution in [3.05, 3.63) is 125 Å². The second kappa shape index (κ2) is 10.9. The summed E-state index contributed by atoms with van der Waals surface area (Å²) in [4.78, 5) is 13.8. The lowest BCUT2D eigenvalue weighted by molar-refractivity contribution is 0.845. The highest BCUT2D eigenvalue weighted by Crippen LogP contribution is 2.41. The molecule has 1 aliphatic rings. The van der Waals surface area contributed by atoms with E-state index in [9.17, 15) is 10.5 Å². The number of fused-ring (bicyclic) bond motifs is 10. The number of nitrogens with zero attached hydrogens (tertiary/aromatic N) is 7. The Hall–Kier alpha value is -6.31. The third-order valence-electron chi connectivity index (χ3n) is 9.05. The van der Waals surface area contributed by atoms with Crippen LogP contribution in [0.3, 0.4) is 0 Å². The minimum atomic E-state index is 0.438. The van der Waals surface area contributed by atoms with Crippen molar-refractivity contribution in [2.75, 3.05) is 0 Å². The predicted molar refractivity (Wildman–Crippen MR) is 187 cm³/mol. The van der Waals surface area contributed by atoms with E-state index in [-0.39, 0.29) is 0 Å². The molecular formula is C40H29N7. The fraction of sp³-hybridized carbons (Fsp3) is 0.125. The molecule has 8 rings (SSSR count). The van der Waals surface area contributed by atoms with E-state index in [2.05, 4.69) is 97.4 Å². The number of rotatable bonds is 2. The summed E-state index contributed by atoms with van der Waals surface area (Å²) in [7, 11) is 0. The highest BCUT2D eigenvalue weighted by Gasteiger charge is 2.24. The van der Waals surface area contributed by atoms with Crippen LogP contribution in [0.4, 0.5) is 0 Å². The Morgan fingerprint density at radius 3 is 2.30 bits per heavy atom. The number of benzene rings is 4. The molecule has 0 atom stereocenters. The zero-order valence-corrected chi connectivity index (χ0v) is 26.1. The molecule has 4 aromatic carbocycles. The standard InChI is InChI=1S/C40H29N7/c1-4-29-31-17-15-27(22-41)19-37(31)46-34(29)12-7-5-6-10-26-14-16-32-30-11-8-9-13-35(30)47(36(32)18-26)39-21-33(28(23-42)20-38(39)46)40-44-24(2)43-25(3)45-40/h4,7-9,11-21H,1,5-6,10H2,2-3H3/b12-7-. The summed E-state index contributed by atoms with van der Waals surface area (Å²) in [5.74, 6) is 1.63. The molecule has 0 amide bonds. The molecule has 0 spiro atoms. The highest BCUT2D eigenvalue weighted by atomic mass is 15.1. The van der Waals surface area contributed by atoms with E-state index in [4.69, 9.17) is 0 Å². The van der Waals surface area contributed by atoms with Gasteiger partial charge in [-0.1, -0.05) is 55.1 Å². The van der Waals surface area contributed by atoms with Gasteiger partial charge in [0.25, 0.3) is 0 Å². The Labute approximate surface area is 272 Å². The van der Waals surface area contributed by atoms with E-state index >= 15 is 0 Å². The molecule has 1 aliphatic heterocycles. The maximum absolute atomic E-state index is 10.6. The summed E-state index contributed by atoms with van der Waals surface area (Å²) < 4.78 is 4.48. The van der Waals surface area contributed by atoms with Gasteiger partial charge in [0.2, 0.25) is 0 Å². The van der Waals surface area contributed by atoms with Crippen molar-refractivity contribution in [2.24, 2.45) is 0 Å². The Morgan fingerprint density at radius 2 is 1.51 bits per heavy atom. The topological polar surface area (TPSA) is 96.1 Å². The van der Waals surface area contributed by atoms with Crippen molar-refractivity contribution in [3.63, 3.8) is 0 Å². The van der Waals surface area contributed by atoms with Crippen LogP contribution in [0.15, 0.2) is 85.5 Å². The minimum absolute atomic E-state index is 0.438. The van der Waals surface area contributed by atoms with Crippen molar-refractivity contribution >= 4 is 44.9 Å². The summed E-state index contributed by atoms with van der Waals surface area (Å²) >= 11 is 0. The smallest absolute Gasteiger partial charge is 0.164 e. The number of aromatic nitrogens is 5. The van der Waals surface area contributed by atoms with Gasteiger partial charge in [0.1, 0.15) is 11.6 Å². The molecule has 47 heavy (non-hydrogen) atoms. The molecule has 0 saturated carbocycles. The number of hydrogen-bond donors (Lipinski definition) is 0. The van der Waals surface area contributed by atoms with Crippen LogP contribution in [0.2, 0.25) is 0 Å². The van der Waals surface area contributed by atoms with Crippen LogP contribution < -0.4 is 0 Å². The van der Waals surface area contributed by atoms with Crippen LogP contribution in [0, 0.1) is 36.5 Å². The van der Waals surface area contributed by atoms with E-state index in [1.807, 2.05) is 50.3 Å². The first-order valence-electron chi connectivity index (χ1n) is 15.7. The molecule has 224 valence electrons. The monoisotopic (exact) mass is 607 g/mol. The molecule has 0 N–H and O–H groups in total. The van der Waals surface area contributed by atoms with Crippen LogP contribution in [-0.2, 0) is 6.42 Å². The van der Waals surface area contributed by atoms with Crippen molar-refractivity contribution in [2.45, 2.75) is 33.1 Å². The van der Waals surface area contributed by atoms with E-state index < -0.39 is 0 Å². The van der Waals surface area contributed by atoms with Crippen LogP contribution in [0.1, 0.15) is 52.4 Å². The largest absolute Gasteiger partial charge is 0.307 e. The van der Waals surface area contributed by atoms with Crippen LogP contribution >= 0.6 is 0 Å². The molecule has 0 aliphatic carbocycles. The second-order valence-electron chi connectivity index (χ2n) is 11.9. The Kier molecular flexibility index (Phi) is 6.56. The van der Waals surface area contributed by atoms with Gasteiger partial charge in [-0.05, 0) is 81.1 Å². The first-order chi connectivity index (χ1) is 23.0. The molecule has 0 unspecified atom stereocenters. The number of para-hydroxylation sites is 1. The van der Waals surface area contributed by atoms with Gasteiger partial charge in [-0.2, -0.15) is 10.5 Å². The average Bonchev–Trinajstić information content (AvgIpc) is 3.57. The van der Waals surface area contributed by atoms with E-state index in [1.165, 1.54) is 5.56 Å². The predicted octanol–water partition coefficient (Wildman–Crippen LogP) is 8.93. The number of nitriles is 2. The molecule has 7 nitrogen and oxygen atoms in total. The van der Waals surface area contributed by atoms with Crippen LogP contribution in [0.5, 0.6) is 0 Å². The number of aryl methyl sites for hydroxylation is 3. The molecule has 3 aromatic heterocycles. The first-order valence-corrected chi connectivity index (χ1v) is 15.7. The highest BCUT2D eigenvalue weighted by molar-refractivity contribution is 6.10. The van der Waals surface area contributed by atoms with Crippen molar-refractivity contribution in [1.82, 2.24) is 24.1 Å². The fourth-order valence-electron chi connectivity index (χ4n) is 7.04. The van der Waals surface area contributed by atoms with Crippen molar-refractivity contribution in [1.29, 1.82) is 10.5 Å². The van der Waals surface area contributed by atoms with Crippen molar-refractivity contribution in [3.8, 4) is 34.9 Å².